The zero-order chi connectivity index (χ0) is 15.7. The first kappa shape index (κ1) is 17.9. The molecule has 2 heterocycles. The monoisotopic (exact) mass is 357 g/mol. The number of hydrogen-bond acceptors (Lipinski definition) is 5. The number of sulfonamides is 1. The topological polar surface area (TPSA) is 84.2 Å². The van der Waals surface area contributed by atoms with E-state index in [4.69, 9.17) is 4.52 Å². The molecule has 0 bridgehead atoms. The number of rotatable bonds is 4. The van der Waals surface area contributed by atoms with Crippen LogP contribution in [0.15, 0.2) is 33.7 Å². The van der Waals surface area contributed by atoms with Crippen LogP contribution >= 0.6 is 12.4 Å². The largest absolute Gasteiger partial charge is 0.360 e. The second-order valence-electron chi connectivity index (χ2n) is 5.46. The van der Waals surface area contributed by atoms with Crippen LogP contribution in [-0.2, 0) is 16.4 Å². The van der Waals surface area contributed by atoms with E-state index in [1.165, 1.54) is 5.56 Å². The highest BCUT2D eigenvalue weighted by Crippen LogP contribution is 2.23. The average Bonchev–Trinajstić information content (AvgIpc) is 2.85. The summed E-state index contributed by atoms with van der Waals surface area (Å²) < 4.78 is 32.5. The molecule has 23 heavy (non-hydrogen) atoms. The molecule has 2 aromatic rings. The molecule has 1 atom stereocenters. The van der Waals surface area contributed by atoms with Gasteiger partial charge < -0.3 is 9.84 Å². The Morgan fingerprint density at radius 1 is 1.35 bits per heavy atom. The Morgan fingerprint density at radius 2 is 2.09 bits per heavy atom. The second kappa shape index (κ2) is 7.00. The van der Waals surface area contributed by atoms with Crippen LogP contribution in [0.2, 0.25) is 0 Å². The SMILES string of the molecule is Cc1noc(C)c1S(=O)(=O)NCC1NCCc2ccccc21.Cl. The van der Waals surface area contributed by atoms with E-state index in [0.717, 1.165) is 18.5 Å². The minimum Gasteiger partial charge on any atom is -0.360 e. The summed E-state index contributed by atoms with van der Waals surface area (Å²) in [6, 6.07) is 8.08. The van der Waals surface area contributed by atoms with Crippen molar-refractivity contribution in [3.05, 3.63) is 46.8 Å². The van der Waals surface area contributed by atoms with Crippen LogP contribution in [0.3, 0.4) is 0 Å². The van der Waals surface area contributed by atoms with Gasteiger partial charge in [0.1, 0.15) is 10.6 Å². The molecule has 3 rings (SSSR count). The molecule has 1 aromatic carbocycles. The molecule has 126 valence electrons. The zero-order valence-corrected chi connectivity index (χ0v) is 14.6. The minimum atomic E-state index is -3.63. The molecule has 1 aromatic heterocycles. The van der Waals surface area contributed by atoms with Gasteiger partial charge in [0, 0.05) is 12.6 Å². The van der Waals surface area contributed by atoms with Gasteiger partial charge in [-0.2, -0.15) is 0 Å². The predicted octanol–water partition coefficient (Wildman–Crippen LogP) is 1.88. The molecule has 0 spiro atoms. The summed E-state index contributed by atoms with van der Waals surface area (Å²) in [7, 11) is -3.63. The molecule has 1 aliphatic rings. The molecule has 0 saturated carbocycles. The Balaban J connectivity index is 0.00000192. The smallest absolute Gasteiger partial charge is 0.246 e. The Bertz CT molecular complexity index is 770. The van der Waals surface area contributed by atoms with E-state index in [9.17, 15) is 8.42 Å². The summed E-state index contributed by atoms with van der Waals surface area (Å²) in [5.41, 5.74) is 2.79. The van der Waals surface area contributed by atoms with Gasteiger partial charge >= 0.3 is 0 Å². The summed E-state index contributed by atoms with van der Waals surface area (Å²) >= 11 is 0. The van der Waals surface area contributed by atoms with Crippen molar-refractivity contribution in [2.24, 2.45) is 0 Å². The molecule has 1 unspecified atom stereocenters. The van der Waals surface area contributed by atoms with E-state index in [0.29, 0.717) is 18.0 Å². The maximum absolute atomic E-state index is 12.5. The lowest BCUT2D eigenvalue weighted by Gasteiger charge is -2.27. The minimum absolute atomic E-state index is 0. The summed E-state index contributed by atoms with van der Waals surface area (Å²) in [5, 5.41) is 7.06. The van der Waals surface area contributed by atoms with Crippen molar-refractivity contribution >= 4 is 22.4 Å². The van der Waals surface area contributed by atoms with Crippen LogP contribution in [0.4, 0.5) is 0 Å². The molecule has 0 fully saturated rings. The third kappa shape index (κ3) is 3.58. The fraction of sp³-hybridized carbons (Fsp3) is 0.400. The molecule has 0 aliphatic carbocycles. The van der Waals surface area contributed by atoms with Crippen LogP contribution in [0.1, 0.15) is 28.6 Å². The molecular formula is C15H20ClN3O3S. The quantitative estimate of drug-likeness (QED) is 0.872. The van der Waals surface area contributed by atoms with Crippen LogP contribution in [0.25, 0.3) is 0 Å². The number of aryl methyl sites for hydroxylation is 2. The molecule has 0 radical (unpaired) electrons. The van der Waals surface area contributed by atoms with Gasteiger partial charge in [-0.1, -0.05) is 29.4 Å². The van der Waals surface area contributed by atoms with Crippen LogP contribution in [-0.4, -0.2) is 26.7 Å². The number of halogens is 1. The van der Waals surface area contributed by atoms with Crippen molar-refractivity contribution in [2.45, 2.75) is 31.2 Å². The maximum atomic E-state index is 12.5. The summed E-state index contributed by atoms with van der Waals surface area (Å²) in [6.45, 7) is 4.36. The van der Waals surface area contributed by atoms with Gasteiger partial charge in [0.05, 0.1) is 0 Å². The standard InChI is InChI=1S/C15H19N3O3S.ClH/c1-10-15(11(2)21-18-10)22(19,20)17-9-14-13-6-4-3-5-12(13)7-8-16-14;/h3-6,14,16-17H,7-9H2,1-2H3;1H. The second-order valence-corrected chi connectivity index (χ2v) is 7.16. The van der Waals surface area contributed by atoms with E-state index >= 15 is 0 Å². The van der Waals surface area contributed by atoms with E-state index in [1.54, 1.807) is 13.8 Å². The number of nitrogens with zero attached hydrogens (tertiary/aromatic N) is 1. The molecule has 0 saturated heterocycles. The maximum Gasteiger partial charge on any atom is 0.246 e. The van der Waals surface area contributed by atoms with Crippen molar-refractivity contribution in [1.82, 2.24) is 15.2 Å². The number of nitrogens with one attached hydrogen (secondary N) is 2. The van der Waals surface area contributed by atoms with Crippen LogP contribution < -0.4 is 10.0 Å². The van der Waals surface area contributed by atoms with Gasteiger partial charge in [-0.15, -0.1) is 12.4 Å². The molecule has 1 aliphatic heterocycles. The first-order chi connectivity index (χ1) is 10.5. The third-order valence-corrected chi connectivity index (χ3v) is 5.60. The van der Waals surface area contributed by atoms with Crippen molar-refractivity contribution in [1.29, 1.82) is 0 Å². The summed E-state index contributed by atoms with van der Waals surface area (Å²) in [6.07, 6.45) is 0.962. The molecule has 0 amide bonds. The number of hydrogen-bond donors (Lipinski definition) is 2. The zero-order valence-electron chi connectivity index (χ0n) is 13.0. The molecule has 8 heteroatoms. The highest BCUT2D eigenvalue weighted by atomic mass is 35.5. The Labute approximate surface area is 142 Å². The first-order valence-corrected chi connectivity index (χ1v) is 8.71. The Morgan fingerprint density at radius 3 is 2.78 bits per heavy atom. The third-order valence-electron chi connectivity index (χ3n) is 3.93. The molecular weight excluding hydrogens is 338 g/mol. The lowest BCUT2D eigenvalue weighted by atomic mass is 9.95. The first-order valence-electron chi connectivity index (χ1n) is 7.23. The molecule has 2 N–H and O–H groups in total. The Hall–Kier alpha value is -1.41. The lowest BCUT2D eigenvalue weighted by molar-refractivity contribution is 0.390. The number of fused-ring (bicyclic) bond motifs is 1. The fourth-order valence-corrected chi connectivity index (χ4v) is 4.27. The average molecular weight is 358 g/mol. The van der Waals surface area contributed by atoms with Gasteiger partial charge in [0.2, 0.25) is 10.0 Å². The number of aromatic nitrogens is 1. The van der Waals surface area contributed by atoms with Gasteiger partial charge in [0.15, 0.2) is 5.76 Å². The van der Waals surface area contributed by atoms with E-state index in [1.807, 2.05) is 18.2 Å². The fourth-order valence-electron chi connectivity index (χ4n) is 2.90. The highest BCUT2D eigenvalue weighted by Gasteiger charge is 2.26. The summed E-state index contributed by atoms with van der Waals surface area (Å²) in [5.74, 6) is 0.307. The van der Waals surface area contributed by atoms with Crippen molar-refractivity contribution in [3.8, 4) is 0 Å². The normalized spacial score (nSPS) is 17.4. The van der Waals surface area contributed by atoms with Crippen molar-refractivity contribution in [2.75, 3.05) is 13.1 Å². The van der Waals surface area contributed by atoms with Crippen LogP contribution in [0.5, 0.6) is 0 Å². The number of benzene rings is 1. The van der Waals surface area contributed by atoms with E-state index in [-0.39, 0.29) is 23.3 Å². The van der Waals surface area contributed by atoms with Gasteiger partial charge in [-0.3, -0.25) is 0 Å². The van der Waals surface area contributed by atoms with Gasteiger partial charge in [0.25, 0.3) is 0 Å². The van der Waals surface area contributed by atoms with Crippen molar-refractivity contribution in [3.63, 3.8) is 0 Å². The lowest BCUT2D eigenvalue weighted by Crippen LogP contribution is -2.39. The van der Waals surface area contributed by atoms with E-state index in [2.05, 4.69) is 21.3 Å². The Kier molecular flexibility index (Phi) is 5.46. The van der Waals surface area contributed by atoms with Gasteiger partial charge in [-0.25, -0.2) is 13.1 Å². The predicted molar refractivity (Wildman–Crippen MR) is 89.3 cm³/mol. The molecule has 6 nitrogen and oxygen atoms in total. The van der Waals surface area contributed by atoms with Gasteiger partial charge in [-0.05, 0) is 37.9 Å². The van der Waals surface area contributed by atoms with E-state index < -0.39 is 10.0 Å². The van der Waals surface area contributed by atoms with Crippen molar-refractivity contribution < 1.29 is 12.9 Å². The highest BCUT2D eigenvalue weighted by molar-refractivity contribution is 7.89. The summed E-state index contributed by atoms with van der Waals surface area (Å²) in [4.78, 5) is 0.136. The van der Waals surface area contributed by atoms with Crippen LogP contribution in [0, 0.1) is 13.8 Å².